The van der Waals surface area contributed by atoms with Gasteiger partial charge in [0.15, 0.2) is 0 Å². The Morgan fingerprint density at radius 2 is 1.75 bits per heavy atom. The molecule has 3 aliphatic rings. The lowest BCUT2D eigenvalue weighted by Crippen LogP contribution is -2.47. The first kappa shape index (κ1) is 30.3. The van der Waals surface area contributed by atoms with E-state index in [0.717, 1.165) is 66.3 Å². The molecule has 3 aromatic rings. The molecule has 1 heterocycles. The lowest BCUT2D eigenvalue weighted by molar-refractivity contribution is -0.137. The molecule has 6 rings (SSSR count). The maximum absolute atomic E-state index is 14.3. The molecule has 3 aromatic carbocycles. The summed E-state index contributed by atoms with van der Waals surface area (Å²) in [6.45, 7) is -3.40. The predicted molar refractivity (Wildman–Crippen MR) is 147 cm³/mol. The van der Waals surface area contributed by atoms with E-state index in [1.807, 2.05) is 0 Å². The Balaban J connectivity index is 1.39. The summed E-state index contributed by atoms with van der Waals surface area (Å²) in [4.78, 5) is 10.7. The lowest BCUT2D eigenvalue weighted by Gasteiger charge is -2.41. The van der Waals surface area contributed by atoms with E-state index in [1.165, 1.54) is 18.2 Å². The maximum atomic E-state index is 14.3. The van der Waals surface area contributed by atoms with Crippen molar-refractivity contribution in [3.8, 4) is 22.6 Å². The number of ether oxygens (including phenoxy) is 2. The number of rotatable bonds is 7. The normalized spacial score (nSPS) is 25.0. The number of hydrogen-bond acceptors (Lipinski definition) is 5. The average molecular weight is 640 g/mol. The van der Waals surface area contributed by atoms with Crippen LogP contribution in [0.4, 0.5) is 32.0 Å². The zero-order valence-corrected chi connectivity index (χ0v) is 23.9. The summed E-state index contributed by atoms with van der Waals surface area (Å²) in [7, 11) is -4.58. The van der Waals surface area contributed by atoms with E-state index < -0.39 is 50.9 Å². The van der Waals surface area contributed by atoms with Crippen LogP contribution in [0.5, 0.6) is 11.5 Å². The van der Waals surface area contributed by atoms with Crippen molar-refractivity contribution in [3.63, 3.8) is 0 Å². The molecule has 234 valence electrons. The topological polar surface area (TPSA) is 72.9 Å². The molecule has 44 heavy (non-hydrogen) atoms. The second kappa shape index (κ2) is 11.0. The number of carbonyl (C=O) groups excluding carboxylic acids is 1. The van der Waals surface area contributed by atoms with Crippen molar-refractivity contribution < 1.29 is 49.0 Å². The number of aldehydes is 1. The first-order valence-corrected chi connectivity index (χ1v) is 15.4. The van der Waals surface area contributed by atoms with Crippen molar-refractivity contribution in [1.82, 2.24) is 0 Å². The van der Waals surface area contributed by atoms with Gasteiger partial charge in [0.05, 0.1) is 22.7 Å². The zero-order chi connectivity index (χ0) is 31.4. The van der Waals surface area contributed by atoms with Crippen molar-refractivity contribution in [2.24, 2.45) is 17.3 Å². The summed E-state index contributed by atoms with van der Waals surface area (Å²) in [6.07, 6.45) is -0.631. The van der Waals surface area contributed by atoms with Gasteiger partial charge < -0.3 is 14.3 Å². The van der Waals surface area contributed by atoms with Gasteiger partial charge in [0.25, 0.3) is 10.0 Å². The highest BCUT2D eigenvalue weighted by Gasteiger charge is 2.55. The van der Waals surface area contributed by atoms with Crippen molar-refractivity contribution in [2.45, 2.75) is 55.9 Å². The minimum atomic E-state index is -4.78. The van der Waals surface area contributed by atoms with E-state index in [-0.39, 0.29) is 46.4 Å². The molecule has 0 bridgehead atoms. The highest BCUT2D eigenvalue weighted by atomic mass is 32.2. The number of nitrogens with zero attached hydrogens (tertiary/aromatic N) is 1. The number of fused-ring (bicyclic) bond motifs is 1. The molecule has 2 atom stereocenters. The molecule has 0 saturated heterocycles. The summed E-state index contributed by atoms with van der Waals surface area (Å²) in [5.74, 6) is -1.21. The van der Waals surface area contributed by atoms with Crippen LogP contribution < -0.4 is 13.8 Å². The Morgan fingerprint density at radius 3 is 2.41 bits per heavy atom. The van der Waals surface area contributed by atoms with E-state index in [0.29, 0.717) is 18.9 Å². The van der Waals surface area contributed by atoms with Crippen LogP contribution in [-0.2, 0) is 21.0 Å². The minimum absolute atomic E-state index is 0.00671. The van der Waals surface area contributed by atoms with Crippen LogP contribution in [-0.4, -0.2) is 34.0 Å². The first-order valence-electron chi connectivity index (χ1n) is 14.0. The highest BCUT2D eigenvalue weighted by molar-refractivity contribution is 7.92. The molecular formula is C31H27F6NO5S. The SMILES string of the molecule is O=CC1CC12CCC(C1CN(S(=O)(=O)c3cccc(C(F)(F)F)c3)c3cc(-c4cc(F)cc(OC(F)F)c4)ccc3O1)CC2. The van der Waals surface area contributed by atoms with Gasteiger partial charge in [-0.05, 0) is 97.0 Å². The van der Waals surface area contributed by atoms with Gasteiger partial charge >= 0.3 is 12.8 Å². The summed E-state index contributed by atoms with van der Waals surface area (Å²) in [5.41, 5.74) is -0.792. The Morgan fingerprint density at radius 1 is 1.00 bits per heavy atom. The molecule has 13 heteroatoms. The summed E-state index contributed by atoms with van der Waals surface area (Å²) < 4.78 is 120. The van der Waals surface area contributed by atoms with E-state index in [4.69, 9.17) is 4.74 Å². The largest absolute Gasteiger partial charge is 0.486 e. The molecule has 2 saturated carbocycles. The number of anilines is 1. The van der Waals surface area contributed by atoms with Gasteiger partial charge in [0.2, 0.25) is 0 Å². The van der Waals surface area contributed by atoms with Gasteiger partial charge in [-0.3, -0.25) is 4.31 Å². The molecule has 2 unspecified atom stereocenters. The number of carbonyl (C=O) groups is 1. The molecule has 6 nitrogen and oxygen atoms in total. The lowest BCUT2D eigenvalue weighted by atomic mass is 9.76. The van der Waals surface area contributed by atoms with Gasteiger partial charge in [0, 0.05) is 12.0 Å². The number of sulfonamides is 1. The highest BCUT2D eigenvalue weighted by Crippen LogP contribution is 2.61. The Bertz CT molecular complexity index is 1690. The Kier molecular flexibility index (Phi) is 7.58. The predicted octanol–water partition coefficient (Wildman–Crippen LogP) is 7.46. The molecule has 1 spiro atoms. The number of alkyl halides is 5. The monoisotopic (exact) mass is 639 g/mol. The van der Waals surface area contributed by atoms with Gasteiger partial charge in [-0.25, -0.2) is 12.8 Å². The van der Waals surface area contributed by atoms with Gasteiger partial charge in [-0.15, -0.1) is 0 Å². The molecule has 0 N–H and O–H groups in total. The second-order valence-electron chi connectivity index (χ2n) is 11.6. The zero-order valence-electron chi connectivity index (χ0n) is 23.1. The summed E-state index contributed by atoms with van der Waals surface area (Å²) >= 11 is 0. The Labute approximate surface area is 249 Å². The fraction of sp³-hybridized carbons (Fsp3) is 0.387. The molecule has 0 radical (unpaired) electrons. The van der Waals surface area contributed by atoms with Crippen molar-refractivity contribution in [1.29, 1.82) is 0 Å². The van der Waals surface area contributed by atoms with Crippen molar-refractivity contribution >= 4 is 22.0 Å². The molecule has 0 aromatic heterocycles. The fourth-order valence-corrected chi connectivity index (χ4v) is 8.05. The van der Waals surface area contributed by atoms with E-state index in [2.05, 4.69) is 4.74 Å². The summed E-state index contributed by atoms with van der Waals surface area (Å²) in [6, 6.07) is 10.8. The van der Waals surface area contributed by atoms with Crippen molar-refractivity contribution in [2.75, 3.05) is 10.8 Å². The number of benzene rings is 3. The van der Waals surface area contributed by atoms with Crippen LogP contribution >= 0.6 is 0 Å². The van der Waals surface area contributed by atoms with Crippen molar-refractivity contribution in [3.05, 3.63) is 72.0 Å². The standard InChI is InChI=1S/C31H27F6NO5S/c32-23-10-20(11-24(14-23)42-29(33)34)19-4-5-27-26(12-19)38(44(40,41)25-3-1-2-21(13-25)31(35,36)37)16-28(43-27)18-6-8-30(9-7-18)15-22(30)17-39/h1-5,10-14,17-18,22,28-29H,6-9,15-16H2. The van der Waals surface area contributed by atoms with E-state index in [9.17, 15) is 39.6 Å². The van der Waals surface area contributed by atoms with E-state index >= 15 is 0 Å². The average Bonchev–Trinajstić information content (AvgIpc) is 3.67. The van der Waals surface area contributed by atoms with Crippen LogP contribution in [0.2, 0.25) is 0 Å². The quantitative estimate of drug-likeness (QED) is 0.198. The summed E-state index contributed by atoms with van der Waals surface area (Å²) in [5, 5.41) is 0. The molecule has 0 amide bonds. The molecular weight excluding hydrogens is 612 g/mol. The maximum Gasteiger partial charge on any atom is 0.416 e. The fourth-order valence-electron chi connectivity index (χ4n) is 6.52. The minimum Gasteiger partial charge on any atom is -0.486 e. The van der Waals surface area contributed by atoms with Crippen LogP contribution in [0.1, 0.15) is 37.7 Å². The molecule has 2 aliphatic carbocycles. The van der Waals surface area contributed by atoms with Crippen LogP contribution in [0.25, 0.3) is 11.1 Å². The first-order chi connectivity index (χ1) is 20.8. The molecule has 2 fully saturated rings. The van der Waals surface area contributed by atoms with Crippen LogP contribution in [0.15, 0.2) is 65.6 Å². The molecule has 1 aliphatic heterocycles. The van der Waals surface area contributed by atoms with Gasteiger partial charge in [-0.2, -0.15) is 22.0 Å². The third-order valence-electron chi connectivity index (χ3n) is 9.00. The third-order valence-corrected chi connectivity index (χ3v) is 10.8. The smallest absolute Gasteiger partial charge is 0.416 e. The number of hydrogen-bond donors (Lipinski definition) is 0. The Hall–Kier alpha value is -3.74. The van der Waals surface area contributed by atoms with Crippen LogP contribution in [0.3, 0.4) is 0 Å². The van der Waals surface area contributed by atoms with E-state index in [1.54, 1.807) is 0 Å². The third kappa shape index (κ3) is 5.73. The van der Waals surface area contributed by atoms with Crippen LogP contribution in [0, 0.1) is 23.1 Å². The second-order valence-corrected chi connectivity index (χ2v) is 13.5. The van der Waals surface area contributed by atoms with Gasteiger partial charge in [-0.1, -0.05) is 12.1 Å². The number of halogens is 6. The van der Waals surface area contributed by atoms with Gasteiger partial charge in [0.1, 0.15) is 29.7 Å².